The topological polar surface area (TPSA) is 38.3 Å². The van der Waals surface area contributed by atoms with Crippen molar-refractivity contribution in [3.63, 3.8) is 0 Å². The van der Waals surface area contributed by atoms with E-state index in [1.165, 1.54) is 25.7 Å². The Morgan fingerprint density at radius 2 is 1.76 bits per heavy atom. The molecule has 1 heterocycles. The Hall–Kier alpha value is -0.570. The molecule has 1 aliphatic carbocycles. The highest BCUT2D eigenvalue weighted by Crippen LogP contribution is 2.33. The zero-order valence-electron chi connectivity index (χ0n) is 11.3. The van der Waals surface area contributed by atoms with Gasteiger partial charge in [0.05, 0.1) is 0 Å². The van der Waals surface area contributed by atoms with Gasteiger partial charge in [-0.15, -0.1) is 0 Å². The molecular formula is C14H25NO2. The molecule has 3 nitrogen and oxygen atoms in total. The first-order valence-corrected chi connectivity index (χ1v) is 6.94. The molecule has 2 aliphatic rings. The average Bonchev–Trinajstić information content (AvgIpc) is 2.53. The molecule has 1 saturated heterocycles. The molecule has 1 aliphatic heterocycles. The van der Waals surface area contributed by atoms with Gasteiger partial charge in [0.2, 0.25) is 0 Å². The molecule has 0 aromatic heterocycles. The van der Waals surface area contributed by atoms with E-state index in [1.807, 2.05) is 20.8 Å². The summed E-state index contributed by atoms with van der Waals surface area (Å²) in [6.45, 7) is 5.79. The van der Waals surface area contributed by atoms with Gasteiger partial charge in [0.25, 0.3) is 0 Å². The van der Waals surface area contributed by atoms with Crippen molar-refractivity contribution in [2.24, 2.45) is 5.92 Å². The highest BCUT2D eigenvalue weighted by atomic mass is 16.6. The highest BCUT2D eigenvalue weighted by molar-refractivity contribution is 5.76. The van der Waals surface area contributed by atoms with Crippen LogP contribution in [0.25, 0.3) is 0 Å². The quantitative estimate of drug-likeness (QED) is 0.715. The third-order valence-electron chi connectivity index (χ3n) is 3.83. The van der Waals surface area contributed by atoms with Gasteiger partial charge in [-0.25, -0.2) is 0 Å². The Balaban J connectivity index is 1.94. The van der Waals surface area contributed by atoms with E-state index in [4.69, 9.17) is 4.74 Å². The van der Waals surface area contributed by atoms with Gasteiger partial charge in [-0.05, 0) is 52.4 Å². The smallest absolute Gasteiger partial charge is 0.323 e. The van der Waals surface area contributed by atoms with E-state index in [2.05, 4.69) is 5.32 Å². The number of carbonyl (C=O) groups excluding carboxylic acids is 1. The van der Waals surface area contributed by atoms with Gasteiger partial charge in [-0.3, -0.25) is 4.79 Å². The van der Waals surface area contributed by atoms with Crippen molar-refractivity contribution >= 4 is 5.97 Å². The first-order valence-electron chi connectivity index (χ1n) is 6.94. The summed E-state index contributed by atoms with van der Waals surface area (Å²) in [5.74, 6) is 0.729. The van der Waals surface area contributed by atoms with Crippen molar-refractivity contribution in [3.05, 3.63) is 0 Å². The zero-order chi connectivity index (χ0) is 12.5. The lowest BCUT2D eigenvalue weighted by Gasteiger charge is -2.26. The van der Waals surface area contributed by atoms with Gasteiger partial charge in [0.15, 0.2) is 0 Å². The molecule has 3 heteroatoms. The van der Waals surface area contributed by atoms with Gasteiger partial charge < -0.3 is 10.1 Å². The molecule has 0 aromatic carbocycles. The maximum Gasteiger partial charge on any atom is 0.323 e. The van der Waals surface area contributed by atoms with E-state index in [0.29, 0.717) is 6.04 Å². The van der Waals surface area contributed by atoms with Gasteiger partial charge in [-0.2, -0.15) is 0 Å². The molecule has 0 aromatic rings. The van der Waals surface area contributed by atoms with Crippen LogP contribution in [0.15, 0.2) is 0 Å². The Bertz CT molecular complexity index is 282. The lowest BCUT2D eigenvalue weighted by Crippen LogP contribution is -2.45. The molecule has 2 rings (SSSR count). The zero-order valence-corrected chi connectivity index (χ0v) is 11.3. The van der Waals surface area contributed by atoms with Gasteiger partial charge in [0, 0.05) is 6.04 Å². The predicted molar refractivity (Wildman–Crippen MR) is 67.7 cm³/mol. The predicted octanol–water partition coefficient (Wildman–Crippen LogP) is 2.64. The van der Waals surface area contributed by atoms with Crippen molar-refractivity contribution in [1.82, 2.24) is 5.32 Å². The van der Waals surface area contributed by atoms with Crippen LogP contribution in [0.4, 0.5) is 0 Å². The summed E-state index contributed by atoms with van der Waals surface area (Å²) in [4.78, 5) is 12.1. The average molecular weight is 239 g/mol. The number of carbonyl (C=O) groups is 1. The van der Waals surface area contributed by atoms with Gasteiger partial charge in [-0.1, -0.05) is 12.8 Å². The lowest BCUT2D eigenvalue weighted by atomic mass is 9.99. The number of esters is 1. The second-order valence-electron chi connectivity index (χ2n) is 6.48. The fourth-order valence-electron chi connectivity index (χ4n) is 3.09. The molecule has 2 fully saturated rings. The molecule has 17 heavy (non-hydrogen) atoms. The maximum atomic E-state index is 12.1. The van der Waals surface area contributed by atoms with Crippen LogP contribution in [0.2, 0.25) is 0 Å². The van der Waals surface area contributed by atoms with E-state index in [1.54, 1.807) is 0 Å². The third kappa shape index (κ3) is 3.44. The number of hydrogen-bond donors (Lipinski definition) is 1. The monoisotopic (exact) mass is 239 g/mol. The second kappa shape index (κ2) is 4.97. The fraction of sp³-hybridized carbons (Fsp3) is 0.929. The molecule has 0 unspecified atom stereocenters. The summed E-state index contributed by atoms with van der Waals surface area (Å²) in [7, 11) is 0. The van der Waals surface area contributed by atoms with Crippen LogP contribution in [-0.4, -0.2) is 23.7 Å². The summed E-state index contributed by atoms with van der Waals surface area (Å²) in [6, 6.07) is 0.470. The molecule has 0 amide bonds. The van der Waals surface area contributed by atoms with Crippen LogP contribution in [0.5, 0.6) is 0 Å². The van der Waals surface area contributed by atoms with E-state index in [0.717, 1.165) is 18.8 Å². The second-order valence-corrected chi connectivity index (χ2v) is 6.48. The summed E-state index contributed by atoms with van der Waals surface area (Å²) >= 11 is 0. The minimum Gasteiger partial charge on any atom is -0.459 e. The minimum absolute atomic E-state index is 0.0648. The van der Waals surface area contributed by atoms with E-state index < -0.39 is 0 Å². The van der Waals surface area contributed by atoms with Crippen LogP contribution < -0.4 is 5.32 Å². The van der Waals surface area contributed by atoms with Gasteiger partial charge >= 0.3 is 5.97 Å². The molecule has 1 saturated carbocycles. The maximum absolute atomic E-state index is 12.1. The Morgan fingerprint density at radius 3 is 2.41 bits per heavy atom. The largest absolute Gasteiger partial charge is 0.459 e. The Kier molecular flexibility index (Phi) is 3.76. The van der Waals surface area contributed by atoms with Crippen molar-refractivity contribution in [3.8, 4) is 0 Å². The van der Waals surface area contributed by atoms with E-state index in [9.17, 15) is 4.79 Å². The molecule has 0 radical (unpaired) electrons. The van der Waals surface area contributed by atoms with Crippen molar-refractivity contribution in [1.29, 1.82) is 0 Å². The number of fused-ring (bicyclic) bond motifs is 1. The first-order chi connectivity index (χ1) is 7.96. The Labute approximate surface area is 104 Å². The van der Waals surface area contributed by atoms with Crippen LogP contribution in [0, 0.1) is 5.92 Å². The summed E-state index contributed by atoms with van der Waals surface area (Å²) < 4.78 is 5.48. The SMILES string of the molecule is CC(C)(C)OC(=O)[C@@H]1CCC[C@@H]2CCC[C@H]2N1. The summed E-state index contributed by atoms with van der Waals surface area (Å²) in [5, 5.41) is 3.53. The minimum atomic E-state index is -0.375. The normalized spacial score (nSPS) is 33.9. The number of nitrogens with one attached hydrogen (secondary N) is 1. The van der Waals surface area contributed by atoms with Crippen LogP contribution in [0.3, 0.4) is 0 Å². The Morgan fingerprint density at radius 1 is 1.12 bits per heavy atom. The number of hydrogen-bond acceptors (Lipinski definition) is 3. The van der Waals surface area contributed by atoms with Crippen LogP contribution >= 0.6 is 0 Å². The van der Waals surface area contributed by atoms with Gasteiger partial charge in [0.1, 0.15) is 11.6 Å². The standard InChI is InChI=1S/C14H25NO2/c1-14(2,3)17-13(16)12-9-5-7-10-6-4-8-11(10)15-12/h10-12,15H,4-9H2,1-3H3/t10-,11+,12-/m0/s1. The van der Waals surface area contributed by atoms with E-state index >= 15 is 0 Å². The van der Waals surface area contributed by atoms with Crippen molar-refractivity contribution in [2.45, 2.75) is 77.0 Å². The van der Waals surface area contributed by atoms with Crippen LogP contribution in [-0.2, 0) is 9.53 Å². The fourth-order valence-corrected chi connectivity index (χ4v) is 3.09. The van der Waals surface area contributed by atoms with Crippen molar-refractivity contribution < 1.29 is 9.53 Å². The van der Waals surface area contributed by atoms with Crippen molar-refractivity contribution in [2.75, 3.05) is 0 Å². The molecule has 1 N–H and O–H groups in total. The highest BCUT2D eigenvalue weighted by Gasteiger charge is 2.35. The molecule has 0 bridgehead atoms. The third-order valence-corrected chi connectivity index (χ3v) is 3.83. The summed E-state index contributed by atoms with van der Waals surface area (Å²) in [5.41, 5.74) is -0.375. The van der Waals surface area contributed by atoms with E-state index in [-0.39, 0.29) is 17.6 Å². The number of ether oxygens (including phenoxy) is 1. The molecule has 98 valence electrons. The molecule has 3 atom stereocenters. The first kappa shape index (κ1) is 12.9. The summed E-state index contributed by atoms with van der Waals surface area (Å²) in [6.07, 6.45) is 7.23. The molecular weight excluding hydrogens is 214 g/mol. The number of rotatable bonds is 1. The van der Waals surface area contributed by atoms with Crippen LogP contribution in [0.1, 0.15) is 59.3 Å². The lowest BCUT2D eigenvalue weighted by molar-refractivity contribution is -0.157. The molecule has 0 spiro atoms.